The van der Waals surface area contributed by atoms with E-state index in [1.54, 1.807) is 25.4 Å². The molecule has 0 spiro atoms. The van der Waals surface area contributed by atoms with Crippen LogP contribution in [0.4, 0.5) is 13.2 Å². The largest absolute Gasteiger partial charge is 0.461 e. The van der Waals surface area contributed by atoms with Crippen LogP contribution >= 0.6 is 24.0 Å². The van der Waals surface area contributed by atoms with Crippen molar-refractivity contribution in [2.24, 2.45) is 10.9 Å². The Labute approximate surface area is 178 Å². The first-order valence-electron chi connectivity index (χ1n) is 8.94. The number of hydrogen-bond donors (Lipinski definition) is 3. The van der Waals surface area contributed by atoms with E-state index in [9.17, 15) is 13.2 Å². The van der Waals surface area contributed by atoms with Crippen LogP contribution in [0.25, 0.3) is 11.6 Å². The van der Waals surface area contributed by atoms with E-state index in [2.05, 4.69) is 30.8 Å². The van der Waals surface area contributed by atoms with Gasteiger partial charge in [0.15, 0.2) is 11.7 Å². The van der Waals surface area contributed by atoms with Gasteiger partial charge in [-0.3, -0.25) is 10.1 Å². The van der Waals surface area contributed by atoms with Crippen LogP contribution in [0.2, 0.25) is 0 Å². The lowest BCUT2D eigenvalue weighted by Gasteiger charge is -2.31. The van der Waals surface area contributed by atoms with E-state index >= 15 is 0 Å². The van der Waals surface area contributed by atoms with E-state index in [1.807, 2.05) is 0 Å². The number of aromatic amines is 1. The SMILES string of the molecule is CN=C(NCCc1nc(-c2ccco2)n[nH]1)NC1CCCC(C(F)(F)F)C1.I. The van der Waals surface area contributed by atoms with Gasteiger partial charge in [-0.05, 0) is 31.4 Å². The summed E-state index contributed by atoms with van der Waals surface area (Å²) in [6, 6.07) is 3.31. The minimum atomic E-state index is -4.13. The Morgan fingerprint density at radius 3 is 2.89 bits per heavy atom. The highest BCUT2D eigenvalue weighted by molar-refractivity contribution is 14.0. The molecule has 1 aliphatic rings. The summed E-state index contributed by atoms with van der Waals surface area (Å²) in [6.07, 6.45) is -0.457. The molecule has 0 aliphatic heterocycles. The lowest BCUT2D eigenvalue weighted by atomic mass is 9.85. The fraction of sp³-hybridized carbons (Fsp3) is 0.588. The van der Waals surface area contributed by atoms with Crippen molar-refractivity contribution in [1.29, 1.82) is 0 Å². The third-order valence-corrected chi connectivity index (χ3v) is 4.63. The van der Waals surface area contributed by atoms with Gasteiger partial charge in [-0.15, -0.1) is 24.0 Å². The van der Waals surface area contributed by atoms with E-state index in [-0.39, 0.29) is 42.9 Å². The van der Waals surface area contributed by atoms with Crippen molar-refractivity contribution in [3.8, 4) is 11.6 Å². The van der Waals surface area contributed by atoms with Crippen molar-refractivity contribution >= 4 is 29.9 Å². The number of aliphatic imine (C=N–C) groups is 1. The Bertz CT molecular complexity index is 746. The van der Waals surface area contributed by atoms with Gasteiger partial charge in [0.1, 0.15) is 5.82 Å². The van der Waals surface area contributed by atoms with Gasteiger partial charge in [0.25, 0.3) is 0 Å². The van der Waals surface area contributed by atoms with Crippen LogP contribution < -0.4 is 10.6 Å². The Kier molecular flexibility index (Phi) is 8.13. The van der Waals surface area contributed by atoms with Crippen LogP contribution in [-0.2, 0) is 6.42 Å². The highest BCUT2D eigenvalue weighted by Crippen LogP contribution is 2.37. The normalized spacial score (nSPS) is 20.5. The zero-order chi connectivity index (χ0) is 19.3. The van der Waals surface area contributed by atoms with Crippen molar-refractivity contribution in [3.63, 3.8) is 0 Å². The molecule has 1 saturated carbocycles. The standard InChI is InChI=1S/C17H23F3N6O.HI/c1-21-16(23-12-5-2-4-11(10-12)17(18,19)20)22-8-7-14-24-15(26-25-14)13-6-3-9-27-13;/h3,6,9,11-12H,2,4-5,7-8,10H2,1H3,(H2,21,22,23)(H,24,25,26);1H. The molecule has 0 amide bonds. The van der Waals surface area contributed by atoms with Crippen LogP contribution in [-0.4, -0.2) is 47.0 Å². The maximum Gasteiger partial charge on any atom is 0.391 e. The zero-order valence-electron chi connectivity index (χ0n) is 15.4. The van der Waals surface area contributed by atoms with Crippen molar-refractivity contribution in [3.05, 3.63) is 24.2 Å². The van der Waals surface area contributed by atoms with E-state index in [1.165, 1.54) is 0 Å². The quantitative estimate of drug-likeness (QED) is 0.324. The molecular weight excluding hydrogens is 488 g/mol. The van der Waals surface area contributed by atoms with Gasteiger partial charge in [0.05, 0.1) is 12.2 Å². The smallest absolute Gasteiger partial charge is 0.391 e. The monoisotopic (exact) mass is 512 g/mol. The van der Waals surface area contributed by atoms with Gasteiger partial charge in [-0.25, -0.2) is 4.98 Å². The summed E-state index contributed by atoms with van der Waals surface area (Å²) in [5.41, 5.74) is 0. The summed E-state index contributed by atoms with van der Waals surface area (Å²) in [4.78, 5) is 8.44. The molecule has 3 rings (SSSR count). The van der Waals surface area contributed by atoms with Crippen LogP contribution in [0, 0.1) is 5.92 Å². The average molecular weight is 512 g/mol. The molecule has 0 bridgehead atoms. The van der Waals surface area contributed by atoms with E-state index in [0.29, 0.717) is 49.2 Å². The molecule has 3 N–H and O–H groups in total. The molecular formula is C17H24F3IN6O. The molecule has 2 atom stereocenters. The van der Waals surface area contributed by atoms with Gasteiger partial charge < -0.3 is 15.1 Å². The summed E-state index contributed by atoms with van der Waals surface area (Å²) in [6.45, 7) is 0.516. The van der Waals surface area contributed by atoms with Crippen molar-refractivity contribution in [1.82, 2.24) is 25.8 Å². The number of guanidine groups is 1. The molecule has 28 heavy (non-hydrogen) atoms. The van der Waals surface area contributed by atoms with Crippen molar-refractivity contribution in [2.45, 2.75) is 44.3 Å². The first-order chi connectivity index (χ1) is 13.0. The molecule has 156 valence electrons. The molecule has 1 fully saturated rings. The minimum Gasteiger partial charge on any atom is -0.461 e. The number of H-pyrrole nitrogens is 1. The number of nitrogens with one attached hydrogen (secondary N) is 3. The summed E-state index contributed by atoms with van der Waals surface area (Å²) in [7, 11) is 1.60. The number of nitrogens with zero attached hydrogens (tertiary/aromatic N) is 3. The second-order valence-electron chi connectivity index (χ2n) is 6.58. The molecule has 11 heteroatoms. The third kappa shape index (κ3) is 6.11. The van der Waals surface area contributed by atoms with Gasteiger partial charge in [0, 0.05) is 26.1 Å². The lowest BCUT2D eigenvalue weighted by molar-refractivity contribution is -0.183. The number of halogens is 4. The predicted molar refractivity (Wildman–Crippen MR) is 110 cm³/mol. The molecule has 0 aromatic carbocycles. The number of hydrogen-bond acceptors (Lipinski definition) is 4. The van der Waals surface area contributed by atoms with Gasteiger partial charge in [-0.2, -0.15) is 18.3 Å². The first kappa shape index (κ1) is 22.5. The molecule has 2 aromatic heterocycles. The van der Waals surface area contributed by atoms with Gasteiger partial charge in [-0.1, -0.05) is 6.42 Å². The minimum absolute atomic E-state index is 0. The van der Waals surface area contributed by atoms with Crippen LogP contribution in [0.1, 0.15) is 31.5 Å². The number of aromatic nitrogens is 3. The van der Waals surface area contributed by atoms with Crippen LogP contribution in [0.5, 0.6) is 0 Å². The summed E-state index contributed by atoms with van der Waals surface area (Å²) >= 11 is 0. The van der Waals surface area contributed by atoms with Gasteiger partial charge in [0.2, 0.25) is 5.82 Å². The number of alkyl halides is 3. The Hall–Kier alpha value is -1.79. The number of rotatable bonds is 5. The lowest BCUT2D eigenvalue weighted by Crippen LogP contribution is -2.47. The summed E-state index contributed by atoms with van der Waals surface area (Å²) in [5, 5.41) is 13.1. The van der Waals surface area contributed by atoms with Crippen molar-refractivity contribution < 1.29 is 17.6 Å². The molecule has 0 radical (unpaired) electrons. The van der Waals surface area contributed by atoms with Crippen molar-refractivity contribution in [2.75, 3.05) is 13.6 Å². The van der Waals surface area contributed by atoms with Gasteiger partial charge >= 0.3 is 6.18 Å². The Balaban J connectivity index is 0.00000280. The molecule has 1 aliphatic carbocycles. The zero-order valence-corrected chi connectivity index (χ0v) is 17.8. The fourth-order valence-corrected chi connectivity index (χ4v) is 3.23. The fourth-order valence-electron chi connectivity index (χ4n) is 3.23. The second kappa shape index (κ2) is 10.1. The Morgan fingerprint density at radius 1 is 1.39 bits per heavy atom. The van der Waals surface area contributed by atoms with E-state index in [0.717, 1.165) is 0 Å². The predicted octanol–water partition coefficient (Wildman–Crippen LogP) is 3.51. The first-order valence-corrected chi connectivity index (χ1v) is 8.94. The van der Waals surface area contributed by atoms with E-state index in [4.69, 9.17) is 4.42 Å². The number of furan rings is 1. The van der Waals surface area contributed by atoms with E-state index < -0.39 is 12.1 Å². The molecule has 2 heterocycles. The highest BCUT2D eigenvalue weighted by atomic mass is 127. The highest BCUT2D eigenvalue weighted by Gasteiger charge is 2.42. The third-order valence-electron chi connectivity index (χ3n) is 4.63. The average Bonchev–Trinajstić information content (AvgIpc) is 3.32. The molecule has 7 nitrogen and oxygen atoms in total. The summed E-state index contributed by atoms with van der Waals surface area (Å²) in [5.74, 6) is 1.00. The topological polar surface area (TPSA) is 91.1 Å². The molecule has 2 aromatic rings. The maximum atomic E-state index is 12.9. The maximum absolute atomic E-state index is 12.9. The van der Waals surface area contributed by atoms with Crippen LogP contribution in [0.15, 0.2) is 27.8 Å². The molecule has 2 unspecified atom stereocenters. The van der Waals surface area contributed by atoms with Crippen LogP contribution in [0.3, 0.4) is 0 Å². The second-order valence-corrected chi connectivity index (χ2v) is 6.58. The Morgan fingerprint density at radius 2 is 2.21 bits per heavy atom. The molecule has 0 saturated heterocycles. The summed E-state index contributed by atoms with van der Waals surface area (Å²) < 4.78 is 44.0.